The van der Waals surface area contributed by atoms with Gasteiger partial charge in [-0.15, -0.1) is 0 Å². The molecule has 0 N–H and O–H groups in total. The van der Waals surface area contributed by atoms with Crippen LogP contribution >= 0.6 is 0 Å². The molecule has 1 atom stereocenters. The van der Waals surface area contributed by atoms with Crippen molar-refractivity contribution in [3.63, 3.8) is 0 Å². The first-order chi connectivity index (χ1) is 7.59. The second-order valence-electron chi connectivity index (χ2n) is 4.21. The predicted octanol–water partition coefficient (Wildman–Crippen LogP) is 0.471. The van der Waals surface area contributed by atoms with Gasteiger partial charge in [-0.2, -0.15) is 5.10 Å². The molecular weight excluding hydrogens is 206 g/mol. The molecule has 1 fully saturated rings. The van der Waals surface area contributed by atoms with Crippen LogP contribution in [0.5, 0.6) is 0 Å². The van der Waals surface area contributed by atoms with E-state index >= 15 is 0 Å². The van der Waals surface area contributed by atoms with Gasteiger partial charge in [0, 0.05) is 38.7 Å². The van der Waals surface area contributed by atoms with Crippen LogP contribution in [0, 0.1) is 5.92 Å². The normalized spacial score (nSPS) is 21.2. The van der Waals surface area contributed by atoms with E-state index in [2.05, 4.69) is 5.10 Å². The van der Waals surface area contributed by atoms with Crippen LogP contribution in [0.1, 0.15) is 23.8 Å². The number of aromatic nitrogens is 2. The summed E-state index contributed by atoms with van der Waals surface area (Å²) in [5, 5.41) is 3.97. The number of hydrogen-bond acceptors (Lipinski definition) is 3. The van der Waals surface area contributed by atoms with Gasteiger partial charge in [0.15, 0.2) is 0 Å². The van der Waals surface area contributed by atoms with Crippen molar-refractivity contribution in [2.24, 2.45) is 13.0 Å². The van der Waals surface area contributed by atoms with Crippen LogP contribution in [-0.2, 0) is 11.8 Å². The van der Waals surface area contributed by atoms with Crippen LogP contribution in [0.25, 0.3) is 0 Å². The summed E-state index contributed by atoms with van der Waals surface area (Å²) in [7, 11) is 1.74. The smallest absolute Gasteiger partial charge is 0.272 e. The molecule has 2 heterocycles. The third-order valence-corrected chi connectivity index (χ3v) is 3.00. The number of aryl methyl sites for hydroxylation is 1. The molecule has 1 amide bonds. The number of rotatable bonds is 1. The van der Waals surface area contributed by atoms with E-state index in [1.807, 2.05) is 6.92 Å². The molecule has 0 spiro atoms. The SMILES string of the molecule is CC1CN(C(=O)c2ccnn2C)CCC1=O. The average molecular weight is 221 g/mol. The summed E-state index contributed by atoms with van der Waals surface area (Å²) in [5.41, 5.74) is 0.571. The lowest BCUT2D eigenvalue weighted by Gasteiger charge is -2.29. The van der Waals surface area contributed by atoms with Crippen molar-refractivity contribution in [1.29, 1.82) is 0 Å². The molecule has 1 aromatic rings. The third-order valence-electron chi connectivity index (χ3n) is 3.00. The summed E-state index contributed by atoms with van der Waals surface area (Å²) in [5.74, 6) is 0.152. The third kappa shape index (κ3) is 1.85. The molecule has 0 bridgehead atoms. The van der Waals surface area contributed by atoms with Crippen LogP contribution in [-0.4, -0.2) is 39.5 Å². The molecule has 1 aromatic heterocycles. The number of carbonyl (C=O) groups is 2. The molecule has 1 unspecified atom stereocenters. The van der Waals surface area contributed by atoms with E-state index in [0.29, 0.717) is 25.2 Å². The molecule has 2 rings (SSSR count). The zero-order chi connectivity index (χ0) is 11.7. The van der Waals surface area contributed by atoms with Gasteiger partial charge in [0.2, 0.25) is 0 Å². The van der Waals surface area contributed by atoms with Crippen molar-refractivity contribution < 1.29 is 9.59 Å². The quantitative estimate of drug-likeness (QED) is 0.692. The zero-order valence-corrected chi connectivity index (χ0v) is 9.51. The number of likely N-dealkylation sites (tertiary alicyclic amines) is 1. The summed E-state index contributed by atoms with van der Waals surface area (Å²) in [4.78, 5) is 25.2. The van der Waals surface area contributed by atoms with Crippen LogP contribution in [0.15, 0.2) is 12.3 Å². The van der Waals surface area contributed by atoms with Gasteiger partial charge in [-0.3, -0.25) is 14.3 Å². The van der Waals surface area contributed by atoms with Gasteiger partial charge < -0.3 is 4.90 Å². The Morgan fingerprint density at radius 2 is 2.31 bits per heavy atom. The second kappa shape index (κ2) is 4.08. The van der Waals surface area contributed by atoms with Crippen molar-refractivity contribution in [3.05, 3.63) is 18.0 Å². The monoisotopic (exact) mass is 221 g/mol. The zero-order valence-electron chi connectivity index (χ0n) is 9.51. The van der Waals surface area contributed by atoms with Crippen molar-refractivity contribution in [2.75, 3.05) is 13.1 Å². The maximum absolute atomic E-state index is 12.1. The van der Waals surface area contributed by atoms with Crippen molar-refractivity contribution in [1.82, 2.24) is 14.7 Å². The fourth-order valence-corrected chi connectivity index (χ4v) is 1.95. The lowest BCUT2D eigenvalue weighted by molar-refractivity contribution is -0.124. The molecular formula is C11H15N3O2. The van der Waals surface area contributed by atoms with Gasteiger partial charge in [0.05, 0.1) is 0 Å². The first kappa shape index (κ1) is 10.9. The first-order valence-corrected chi connectivity index (χ1v) is 5.39. The van der Waals surface area contributed by atoms with Gasteiger partial charge in [0.25, 0.3) is 5.91 Å². The number of ketones is 1. The first-order valence-electron chi connectivity index (χ1n) is 5.39. The highest BCUT2D eigenvalue weighted by Crippen LogP contribution is 2.14. The van der Waals surface area contributed by atoms with Crippen LogP contribution in [0.2, 0.25) is 0 Å². The fourth-order valence-electron chi connectivity index (χ4n) is 1.95. The van der Waals surface area contributed by atoms with E-state index in [1.54, 1.807) is 28.9 Å². The minimum atomic E-state index is -0.0501. The summed E-state index contributed by atoms with van der Waals surface area (Å²) in [6, 6.07) is 1.70. The molecule has 0 aliphatic carbocycles. The fraction of sp³-hybridized carbons (Fsp3) is 0.545. The minimum absolute atomic E-state index is 0.0423. The molecule has 1 saturated heterocycles. The van der Waals surface area contributed by atoms with E-state index in [-0.39, 0.29) is 17.6 Å². The molecule has 1 aliphatic rings. The molecule has 0 radical (unpaired) electrons. The second-order valence-corrected chi connectivity index (χ2v) is 4.21. The average Bonchev–Trinajstić information content (AvgIpc) is 2.67. The lowest BCUT2D eigenvalue weighted by atomic mass is 9.98. The van der Waals surface area contributed by atoms with Gasteiger partial charge >= 0.3 is 0 Å². The van der Waals surface area contributed by atoms with E-state index in [9.17, 15) is 9.59 Å². The molecule has 1 aliphatic heterocycles. The Morgan fingerprint density at radius 1 is 1.56 bits per heavy atom. The van der Waals surface area contributed by atoms with Crippen molar-refractivity contribution >= 4 is 11.7 Å². The largest absolute Gasteiger partial charge is 0.336 e. The lowest BCUT2D eigenvalue weighted by Crippen LogP contribution is -2.43. The Bertz CT molecular complexity index is 425. The molecule has 0 saturated carbocycles. The van der Waals surface area contributed by atoms with E-state index in [0.717, 1.165) is 0 Å². The Kier molecular flexibility index (Phi) is 2.77. The molecule has 5 heteroatoms. The van der Waals surface area contributed by atoms with Crippen molar-refractivity contribution in [3.8, 4) is 0 Å². The van der Waals surface area contributed by atoms with E-state index in [1.165, 1.54) is 0 Å². The highest BCUT2D eigenvalue weighted by molar-refractivity contribution is 5.94. The highest BCUT2D eigenvalue weighted by atomic mass is 16.2. The van der Waals surface area contributed by atoms with Crippen LogP contribution in [0.4, 0.5) is 0 Å². The maximum atomic E-state index is 12.1. The predicted molar refractivity (Wildman–Crippen MR) is 57.9 cm³/mol. The summed E-state index contributed by atoms with van der Waals surface area (Å²) in [6.45, 7) is 2.90. The Morgan fingerprint density at radius 3 is 2.88 bits per heavy atom. The standard InChI is InChI=1S/C11H15N3O2/c1-8-7-14(6-4-10(8)15)11(16)9-3-5-12-13(9)2/h3,5,8H,4,6-7H2,1-2H3. The number of nitrogens with zero attached hydrogens (tertiary/aromatic N) is 3. The number of carbonyl (C=O) groups excluding carboxylic acids is 2. The van der Waals surface area contributed by atoms with Gasteiger partial charge in [-0.25, -0.2) is 0 Å². The number of hydrogen-bond donors (Lipinski definition) is 0. The van der Waals surface area contributed by atoms with Crippen LogP contribution in [0.3, 0.4) is 0 Å². The van der Waals surface area contributed by atoms with Gasteiger partial charge in [-0.05, 0) is 6.07 Å². The van der Waals surface area contributed by atoms with Gasteiger partial charge in [0.1, 0.15) is 11.5 Å². The summed E-state index contributed by atoms with van der Waals surface area (Å²) in [6.07, 6.45) is 2.07. The van der Waals surface area contributed by atoms with Crippen molar-refractivity contribution in [2.45, 2.75) is 13.3 Å². The summed E-state index contributed by atoms with van der Waals surface area (Å²) < 4.78 is 1.56. The Labute approximate surface area is 94.0 Å². The molecule has 86 valence electrons. The Hall–Kier alpha value is -1.65. The number of amides is 1. The van der Waals surface area contributed by atoms with E-state index < -0.39 is 0 Å². The number of Topliss-reactive ketones (excluding diaryl/α,β-unsaturated/α-hetero) is 1. The minimum Gasteiger partial charge on any atom is -0.336 e. The number of piperidine rings is 1. The summed E-state index contributed by atoms with van der Waals surface area (Å²) >= 11 is 0. The van der Waals surface area contributed by atoms with Crippen LogP contribution < -0.4 is 0 Å². The molecule has 5 nitrogen and oxygen atoms in total. The Balaban J connectivity index is 2.12. The van der Waals surface area contributed by atoms with Gasteiger partial charge in [-0.1, -0.05) is 6.92 Å². The maximum Gasteiger partial charge on any atom is 0.272 e. The van der Waals surface area contributed by atoms with E-state index in [4.69, 9.17) is 0 Å². The molecule has 16 heavy (non-hydrogen) atoms. The topological polar surface area (TPSA) is 55.2 Å². The highest BCUT2D eigenvalue weighted by Gasteiger charge is 2.28. The molecule has 0 aromatic carbocycles.